The standard InChI is InChI=1S/C12H18N4O2/c1-8(2)7-18-4-3-15-12-10(11(14)17)5-9(13)6-16-12/h5-6H,1,3-4,7,13H2,2H3,(H2,14,17)(H,15,16). The number of nitrogens with one attached hydrogen (secondary N) is 1. The predicted molar refractivity (Wildman–Crippen MR) is 71.3 cm³/mol. The summed E-state index contributed by atoms with van der Waals surface area (Å²) >= 11 is 0. The van der Waals surface area contributed by atoms with E-state index in [0.717, 1.165) is 5.57 Å². The first-order valence-corrected chi connectivity index (χ1v) is 5.52. The van der Waals surface area contributed by atoms with Crippen LogP contribution in [0, 0.1) is 0 Å². The normalized spacial score (nSPS) is 10.1. The maximum absolute atomic E-state index is 11.2. The molecule has 0 radical (unpaired) electrons. The molecule has 0 bridgehead atoms. The molecule has 0 spiro atoms. The van der Waals surface area contributed by atoms with Gasteiger partial charge in [-0.25, -0.2) is 4.98 Å². The van der Waals surface area contributed by atoms with Gasteiger partial charge in [0, 0.05) is 6.54 Å². The topological polar surface area (TPSA) is 103 Å². The van der Waals surface area contributed by atoms with Crippen molar-refractivity contribution >= 4 is 17.4 Å². The lowest BCUT2D eigenvalue weighted by Crippen LogP contribution is -2.18. The molecule has 0 aliphatic carbocycles. The molecule has 1 rings (SSSR count). The van der Waals surface area contributed by atoms with E-state index in [4.69, 9.17) is 16.2 Å². The molecule has 0 atom stereocenters. The molecule has 6 heteroatoms. The average Bonchev–Trinajstić information content (AvgIpc) is 2.29. The van der Waals surface area contributed by atoms with Crippen LogP contribution in [-0.4, -0.2) is 30.6 Å². The number of carbonyl (C=O) groups excluding carboxylic acids is 1. The molecule has 18 heavy (non-hydrogen) atoms. The lowest BCUT2D eigenvalue weighted by atomic mass is 10.2. The summed E-state index contributed by atoms with van der Waals surface area (Å²) in [5.41, 5.74) is 12.4. The molecule has 6 nitrogen and oxygen atoms in total. The van der Waals surface area contributed by atoms with Gasteiger partial charge in [-0.05, 0) is 13.0 Å². The molecule has 1 amide bonds. The van der Waals surface area contributed by atoms with Gasteiger partial charge in [0.05, 0.1) is 30.7 Å². The molecule has 1 heterocycles. The SMILES string of the molecule is C=C(C)COCCNc1ncc(N)cc1C(N)=O. The highest BCUT2D eigenvalue weighted by molar-refractivity contribution is 5.98. The van der Waals surface area contributed by atoms with Crippen molar-refractivity contribution in [1.82, 2.24) is 4.98 Å². The van der Waals surface area contributed by atoms with Crippen molar-refractivity contribution in [3.8, 4) is 0 Å². The van der Waals surface area contributed by atoms with Crippen molar-refractivity contribution in [2.75, 3.05) is 30.8 Å². The average molecular weight is 250 g/mol. The van der Waals surface area contributed by atoms with Crippen molar-refractivity contribution in [2.24, 2.45) is 5.73 Å². The van der Waals surface area contributed by atoms with Crippen LogP contribution in [0.1, 0.15) is 17.3 Å². The molecule has 98 valence electrons. The molecule has 0 aromatic carbocycles. The van der Waals surface area contributed by atoms with Gasteiger partial charge in [-0.2, -0.15) is 0 Å². The fourth-order valence-electron chi connectivity index (χ4n) is 1.30. The van der Waals surface area contributed by atoms with E-state index in [1.54, 1.807) is 0 Å². The molecule has 0 unspecified atom stereocenters. The van der Waals surface area contributed by atoms with Gasteiger partial charge in [0.15, 0.2) is 0 Å². The Hall–Kier alpha value is -2.08. The fourth-order valence-corrected chi connectivity index (χ4v) is 1.30. The van der Waals surface area contributed by atoms with E-state index in [1.165, 1.54) is 12.3 Å². The number of ether oxygens (including phenoxy) is 1. The summed E-state index contributed by atoms with van der Waals surface area (Å²) in [5, 5.41) is 2.97. The highest BCUT2D eigenvalue weighted by Gasteiger charge is 2.09. The zero-order chi connectivity index (χ0) is 13.5. The van der Waals surface area contributed by atoms with Gasteiger partial charge in [-0.3, -0.25) is 4.79 Å². The van der Waals surface area contributed by atoms with Crippen molar-refractivity contribution in [3.63, 3.8) is 0 Å². The van der Waals surface area contributed by atoms with Crippen LogP contribution in [0.3, 0.4) is 0 Å². The lowest BCUT2D eigenvalue weighted by molar-refractivity contribution is 0.100. The third-order valence-corrected chi connectivity index (χ3v) is 2.06. The molecule has 0 saturated heterocycles. The second-order valence-electron chi connectivity index (χ2n) is 3.97. The first-order valence-electron chi connectivity index (χ1n) is 5.52. The van der Waals surface area contributed by atoms with Crippen LogP contribution in [0.15, 0.2) is 24.4 Å². The Balaban J connectivity index is 2.51. The Morgan fingerprint density at radius 2 is 2.33 bits per heavy atom. The number of pyridine rings is 1. The fraction of sp³-hybridized carbons (Fsp3) is 0.333. The van der Waals surface area contributed by atoms with Gasteiger partial charge in [-0.15, -0.1) is 0 Å². The molecule has 5 N–H and O–H groups in total. The third kappa shape index (κ3) is 4.42. The number of nitrogen functional groups attached to an aromatic ring is 1. The van der Waals surface area contributed by atoms with Crippen molar-refractivity contribution < 1.29 is 9.53 Å². The van der Waals surface area contributed by atoms with Crippen LogP contribution >= 0.6 is 0 Å². The molecule has 0 aliphatic heterocycles. The van der Waals surface area contributed by atoms with E-state index in [9.17, 15) is 4.79 Å². The van der Waals surface area contributed by atoms with Crippen molar-refractivity contribution in [3.05, 3.63) is 30.0 Å². The van der Waals surface area contributed by atoms with Crippen LogP contribution in [0.5, 0.6) is 0 Å². The van der Waals surface area contributed by atoms with Gasteiger partial charge in [0.1, 0.15) is 5.82 Å². The predicted octanol–water partition coefficient (Wildman–Crippen LogP) is 0.767. The maximum Gasteiger partial charge on any atom is 0.252 e. The summed E-state index contributed by atoms with van der Waals surface area (Å²) in [6.45, 7) is 7.13. The zero-order valence-corrected chi connectivity index (χ0v) is 10.4. The van der Waals surface area contributed by atoms with Crippen LogP contribution in [0.25, 0.3) is 0 Å². The van der Waals surface area contributed by atoms with E-state index < -0.39 is 5.91 Å². The minimum absolute atomic E-state index is 0.273. The number of primary amides is 1. The Morgan fingerprint density at radius 1 is 1.61 bits per heavy atom. The smallest absolute Gasteiger partial charge is 0.252 e. The summed E-state index contributed by atoms with van der Waals surface area (Å²) < 4.78 is 5.31. The van der Waals surface area contributed by atoms with E-state index in [2.05, 4.69) is 16.9 Å². The Morgan fingerprint density at radius 3 is 2.94 bits per heavy atom. The van der Waals surface area contributed by atoms with E-state index in [-0.39, 0.29) is 5.56 Å². The summed E-state index contributed by atoms with van der Waals surface area (Å²) in [7, 11) is 0. The Labute approximate surface area is 106 Å². The zero-order valence-electron chi connectivity index (χ0n) is 10.4. The van der Waals surface area contributed by atoms with Gasteiger partial charge in [0.25, 0.3) is 5.91 Å². The highest BCUT2D eigenvalue weighted by atomic mass is 16.5. The van der Waals surface area contributed by atoms with Gasteiger partial charge >= 0.3 is 0 Å². The Bertz CT molecular complexity index is 446. The molecule has 0 fully saturated rings. The van der Waals surface area contributed by atoms with E-state index in [1.807, 2.05) is 6.92 Å². The van der Waals surface area contributed by atoms with Gasteiger partial charge in [-0.1, -0.05) is 12.2 Å². The number of hydrogen-bond acceptors (Lipinski definition) is 5. The van der Waals surface area contributed by atoms with Crippen LogP contribution < -0.4 is 16.8 Å². The van der Waals surface area contributed by atoms with E-state index >= 15 is 0 Å². The third-order valence-electron chi connectivity index (χ3n) is 2.06. The summed E-state index contributed by atoms with van der Waals surface area (Å²) in [4.78, 5) is 15.2. The highest BCUT2D eigenvalue weighted by Crippen LogP contribution is 2.14. The number of amides is 1. The summed E-state index contributed by atoms with van der Waals surface area (Å²) in [6.07, 6.45) is 1.46. The van der Waals surface area contributed by atoms with Gasteiger partial charge < -0.3 is 21.5 Å². The van der Waals surface area contributed by atoms with Crippen LogP contribution in [0.2, 0.25) is 0 Å². The van der Waals surface area contributed by atoms with Crippen LogP contribution in [-0.2, 0) is 4.74 Å². The summed E-state index contributed by atoms with van der Waals surface area (Å²) in [6, 6.07) is 1.49. The molecule has 0 saturated carbocycles. The number of carbonyl (C=O) groups is 1. The first-order chi connectivity index (χ1) is 8.50. The van der Waals surface area contributed by atoms with Crippen LogP contribution in [0.4, 0.5) is 11.5 Å². The molecule has 0 aliphatic rings. The number of nitrogens with zero attached hydrogens (tertiary/aromatic N) is 1. The lowest BCUT2D eigenvalue weighted by Gasteiger charge is -2.10. The van der Waals surface area contributed by atoms with Gasteiger partial charge in [0.2, 0.25) is 0 Å². The number of hydrogen-bond donors (Lipinski definition) is 3. The molecular formula is C12H18N4O2. The number of anilines is 2. The molecule has 1 aromatic rings. The van der Waals surface area contributed by atoms with E-state index in [0.29, 0.717) is 31.3 Å². The Kier molecular flexibility index (Phi) is 5.13. The number of rotatable bonds is 7. The van der Waals surface area contributed by atoms with Crippen molar-refractivity contribution in [1.29, 1.82) is 0 Å². The second-order valence-corrected chi connectivity index (χ2v) is 3.97. The van der Waals surface area contributed by atoms with Crippen molar-refractivity contribution in [2.45, 2.75) is 6.92 Å². The summed E-state index contributed by atoms with van der Waals surface area (Å²) in [5.74, 6) is -0.157. The minimum atomic E-state index is -0.569. The number of aromatic nitrogens is 1. The maximum atomic E-state index is 11.2. The quantitative estimate of drug-likeness (QED) is 0.490. The molecule has 1 aromatic heterocycles. The monoisotopic (exact) mass is 250 g/mol. The number of nitrogens with two attached hydrogens (primary N) is 2. The second kappa shape index (κ2) is 6.61. The first kappa shape index (κ1) is 14.0. The molecular weight excluding hydrogens is 232 g/mol. The minimum Gasteiger partial charge on any atom is -0.397 e. The largest absolute Gasteiger partial charge is 0.397 e.